The molecular weight excluding hydrogens is 322 g/mol. The zero-order valence-corrected chi connectivity index (χ0v) is 14.6. The van der Waals surface area contributed by atoms with Gasteiger partial charge in [-0.05, 0) is 36.7 Å². The highest BCUT2D eigenvalue weighted by Crippen LogP contribution is 2.34. The van der Waals surface area contributed by atoms with Crippen molar-refractivity contribution in [2.75, 3.05) is 0 Å². The third-order valence-electron chi connectivity index (χ3n) is 4.55. The highest BCUT2D eigenvalue weighted by atomic mass is 32.2. The Bertz CT molecular complexity index is 797. The van der Waals surface area contributed by atoms with Crippen LogP contribution in [0, 0.1) is 0 Å². The Morgan fingerprint density at radius 2 is 2.00 bits per heavy atom. The fourth-order valence-corrected chi connectivity index (χ4v) is 4.01. The third kappa shape index (κ3) is 3.13. The van der Waals surface area contributed by atoms with Crippen LogP contribution in [0.25, 0.3) is 11.6 Å². The standard InChI is InChI=1S/C17H21N5OS/c1-21-12-19-20-17(21)24-15-9-8-14(23-15)16-18-10-11-22(16)13-6-4-2-3-5-7-13/h8-13H,2-7H2,1H3. The van der Waals surface area contributed by atoms with E-state index in [1.165, 1.54) is 50.3 Å². The molecule has 1 saturated carbocycles. The summed E-state index contributed by atoms with van der Waals surface area (Å²) in [5.41, 5.74) is 0. The zero-order chi connectivity index (χ0) is 16.4. The molecule has 0 aliphatic heterocycles. The predicted molar refractivity (Wildman–Crippen MR) is 91.8 cm³/mol. The average molecular weight is 343 g/mol. The first-order valence-electron chi connectivity index (χ1n) is 8.46. The Hall–Kier alpha value is -2.02. The molecule has 0 aromatic carbocycles. The summed E-state index contributed by atoms with van der Waals surface area (Å²) in [7, 11) is 1.92. The fourth-order valence-electron chi connectivity index (χ4n) is 3.28. The van der Waals surface area contributed by atoms with Crippen LogP contribution in [-0.4, -0.2) is 24.3 Å². The minimum Gasteiger partial charge on any atom is -0.446 e. The second-order valence-corrected chi connectivity index (χ2v) is 7.22. The summed E-state index contributed by atoms with van der Waals surface area (Å²) < 4.78 is 10.2. The molecule has 4 rings (SSSR count). The van der Waals surface area contributed by atoms with Gasteiger partial charge in [0.15, 0.2) is 21.8 Å². The lowest BCUT2D eigenvalue weighted by Crippen LogP contribution is -2.08. The molecule has 0 radical (unpaired) electrons. The molecule has 0 atom stereocenters. The molecule has 0 bridgehead atoms. The molecule has 7 heteroatoms. The van der Waals surface area contributed by atoms with Gasteiger partial charge in [-0.25, -0.2) is 4.98 Å². The lowest BCUT2D eigenvalue weighted by Gasteiger charge is -2.17. The molecule has 0 amide bonds. The molecule has 1 fully saturated rings. The van der Waals surface area contributed by atoms with Gasteiger partial charge in [-0.15, -0.1) is 10.2 Å². The lowest BCUT2D eigenvalue weighted by atomic mass is 10.1. The second-order valence-electron chi connectivity index (χ2n) is 6.25. The Kier molecular flexibility index (Phi) is 4.42. The molecule has 0 saturated heterocycles. The smallest absolute Gasteiger partial charge is 0.198 e. The number of imidazole rings is 1. The number of hydrogen-bond acceptors (Lipinski definition) is 5. The molecule has 3 aromatic rings. The van der Waals surface area contributed by atoms with Crippen molar-refractivity contribution < 1.29 is 4.42 Å². The minimum absolute atomic E-state index is 0.532. The topological polar surface area (TPSA) is 61.7 Å². The second kappa shape index (κ2) is 6.84. The maximum absolute atomic E-state index is 6.02. The fraction of sp³-hybridized carbons (Fsp3) is 0.471. The molecule has 1 aliphatic carbocycles. The van der Waals surface area contributed by atoms with Gasteiger partial charge < -0.3 is 13.6 Å². The van der Waals surface area contributed by atoms with E-state index in [4.69, 9.17) is 4.42 Å². The summed E-state index contributed by atoms with van der Waals surface area (Å²) in [5, 5.41) is 9.58. The van der Waals surface area contributed by atoms with Crippen molar-refractivity contribution in [3.8, 4) is 11.6 Å². The molecule has 3 heterocycles. The van der Waals surface area contributed by atoms with Crippen LogP contribution in [0.1, 0.15) is 44.6 Å². The molecular formula is C17H21N5OS. The summed E-state index contributed by atoms with van der Waals surface area (Å²) in [6.45, 7) is 0. The van der Waals surface area contributed by atoms with Crippen LogP contribution in [0.4, 0.5) is 0 Å². The van der Waals surface area contributed by atoms with E-state index in [1.54, 1.807) is 6.33 Å². The molecule has 0 unspecified atom stereocenters. The van der Waals surface area contributed by atoms with Crippen molar-refractivity contribution in [1.82, 2.24) is 24.3 Å². The summed E-state index contributed by atoms with van der Waals surface area (Å²) in [4.78, 5) is 4.55. The largest absolute Gasteiger partial charge is 0.446 e. The molecule has 3 aromatic heterocycles. The van der Waals surface area contributed by atoms with E-state index in [2.05, 4.69) is 25.9 Å². The van der Waals surface area contributed by atoms with Gasteiger partial charge in [0, 0.05) is 25.5 Å². The van der Waals surface area contributed by atoms with E-state index in [1.807, 2.05) is 29.9 Å². The Balaban J connectivity index is 1.56. The number of furan rings is 1. The van der Waals surface area contributed by atoms with Crippen LogP contribution in [0.3, 0.4) is 0 Å². The maximum Gasteiger partial charge on any atom is 0.198 e. The average Bonchev–Trinajstić information content (AvgIpc) is 3.27. The van der Waals surface area contributed by atoms with E-state index in [-0.39, 0.29) is 0 Å². The van der Waals surface area contributed by atoms with Crippen LogP contribution >= 0.6 is 11.8 Å². The van der Waals surface area contributed by atoms with Gasteiger partial charge >= 0.3 is 0 Å². The van der Waals surface area contributed by atoms with Crippen LogP contribution in [0.5, 0.6) is 0 Å². The third-order valence-corrected chi connectivity index (χ3v) is 5.52. The Labute approximate surface area is 145 Å². The molecule has 6 nitrogen and oxygen atoms in total. The number of aryl methyl sites for hydroxylation is 1. The maximum atomic E-state index is 6.02. The summed E-state index contributed by atoms with van der Waals surface area (Å²) >= 11 is 1.47. The van der Waals surface area contributed by atoms with Crippen molar-refractivity contribution in [1.29, 1.82) is 0 Å². The SMILES string of the molecule is Cn1cnnc1Sc1ccc(-c2nccn2C2CCCCCC2)o1. The Morgan fingerprint density at radius 3 is 2.75 bits per heavy atom. The Morgan fingerprint density at radius 1 is 1.17 bits per heavy atom. The normalized spacial score (nSPS) is 16.4. The first-order chi connectivity index (χ1) is 11.8. The lowest BCUT2D eigenvalue weighted by molar-refractivity contribution is 0.433. The van der Waals surface area contributed by atoms with Crippen LogP contribution in [-0.2, 0) is 7.05 Å². The van der Waals surface area contributed by atoms with Crippen LogP contribution < -0.4 is 0 Å². The van der Waals surface area contributed by atoms with Crippen LogP contribution in [0.15, 0.2) is 45.5 Å². The monoisotopic (exact) mass is 343 g/mol. The first-order valence-corrected chi connectivity index (χ1v) is 9.28. The predicted octanol–water partition coefficient (Wildman–Crippen LogP) is 4.32. The first kappa shape index (κ1) is 15.5. The highest BCUT2D eigenvalue weighted by molar-refractivity contribution is 7.99. The van der Waals surface area contributed by atoms with Crippen molar-refractivity contribution in [2.45, 2.75) is 54.8 Å². The van der Waals surface area contributed by atoms with Gasteiger partial charge in [-0.1, -0.05) is 25.7 Å². The highest BCUT2D eigenvalue weighted by Gasteiger charge is 2.20. The van der Waals surface area contributed by atoms with E-state index in [9.17, 15) is 0 Å². The molecule has 0 spiro atoms. The molecule has 126 valence electrons. The van der Waals surface area contributed by atoms with Gasteiger partial charge in [-0.3, -0.25) is 0 Å². The quantitative estimate of drug-likeness (QED) is 0.660. The van der Waals surface area contributed by atoms with E-state index in [0.29, 0.717) is 6.04 Å². The van der Waals surface area contributed by atoms with E-state index < -0.39 is 0 Å². The molecule has 0 N–H and O–H groups in total. The summed E-state index contributed by atoms with van der Waals surface area (Å²) in [5.74, 6) is 1.74. The van der Waals surface area contributed by atoms with Gasteiger partial charge in [0.05, 0.1) is 0 Å². The van der Waals surface area contributed by atoms with E-state index >= 15 is 0 Å². The van der Waals surface area contributed by atoms with E-state index in [0.717, 1.165) is 21.8 Å². The molecule has 24 heavy (non-hydrogen) atoms. The minimum atomic E-state index is 0.532. The van der Waals surface area contributed by atoms with Gasteiger partial charge in [-0.2, -0.15) is 0 Å². The zero-order valence-electron chi connectivity index (χ0n) is 13.8. The van der Waals surface area contributed by atoms with Crippen molar-refractivity contribution >= 4 is 11.8 Å². The number of nitrogens with zero attached hydrogens (tertiary/aromatic N) is 5. The summed E-state index contributed by atoms with van der Waals surface area (Å²) in [6.07, 6.45) is 13.4. The van der Waals surface area contributed by atoms with Crippen molar-refractivity contribution in [2.24, 2.45) is 7.05 Å². The van der Waals surface area contributed by atoms with Gasteiger partial charge in [0.2, 0.25) is 0 Å². The van der Waals surface area contributed by atoms with Gasteiger partial charge in [0.1, 0.15) is 6.33 Å². The number of rotatable bonds is 4. The van der Waals surface area contributed by atoms with Crippen LogP contribution in [0.2, 0.25) is 0 Å². The number of aromatic nitrogens is 5. The van der Waals surface area contributed by atoms with Crippen molar-refractivity contribution in [3.63, 3.8) is 0 Å². The number of hydrogen-bond donors (Lipinski definition) is 0. The van der Waals surface area contributed by atoms with Gasteiger partial charge in [0.25, 0.3) is 0 Å². The van der Waals surface area contributed by atoms with Crippen molar-refractivity contribution in [3.05, 3.63) is 30.9 Å². The summed E-state index contributed by atoms with van der Waals surface area (Å²) in [6, 6.07) is 4.50. The molecule has 1 aliphatic rings.